The molecule has 3 N–H and O–H groups in total. The largest absolute Gasteiger partial charge is 0.507 e. The molecule has 0 spiro atoms. The fourth-order valence-corrected chi connectivity index (χ4v) is 8.13. The Kier molecular flexibility index (Phi) is 6.15. The standard InChI is InChI=1S/C29H24Cl2N2O9/c1-32-26(40)28(30)11-17-13(21(29(28,31)27(32)41)16-4-3-5-19(42-2)22(16)35)8-9-15-20(17)24(37)33(23(15)36)12-6-7-14(25(38)39)18(34)10-12/h3-8,10,15,17,20-21,34-35H,9,11H2,1-2H3,(H,38,39). The van der Waals surface area contributed by atoms with Crippen LogP contribution in [0.15, 0.2) is 48.0 Å². The molecule has 6 unspecified atom stereocenters. The molecule has 3 fully saturated rings. The summed E-state index contributed by atoms with van der Waals surface area (Å²) < 4.78 is 5.28. The Bertz CT molecular complexity index is 1660. The molecular formula is C29H24Cl2N2O9. The van der Waals surface area contributed by atoms with Crippen molar-refractivity contribution in [2.75, 3.05) is 19.1 Å². The SMILES string of the molecule is COc1cccc(C2C3=CCC4C(=O)N(c5ccc(C(=O)O)c(O)c5)C(=O)C4C3CC3(Cl)C(=O)N(C)C(=O)C23Cl)c1O. The van der Waals surface area contributed by atoms with Gasteiger partial charge in [-0.3, -0.25) is 24.1 Å². The number of aromatic carboxylic acids is 1. The number of likely N-dealkylation sites (tertiary alicyclic amines) is 1. The van der Waals surface area contributed by atoms with Crippen LogP contribution in [-0.2, 0) is 19.2 Å². The quantitative estimate of drug-likeness (QED) is 0.267. The van der Waals surface area contributed by atoms with E-state index in [-0.39, 0.29) is 35.6 Å². The molecule has 2 aliphatic carbocycles. The number of aromatic hydroxyl groups is 2. The molecule has 218 valence electrons. The van der Waals surface area contributed by atoms with E-state index in [1.807, 2.05) is 0 Å². The lowest BCUT2D eigenvalue weighted by Crippen LogP contribution is -2.60. The number of rotatable bonds is 4. The number of imide groups is 2. The highest BCUT2D eigenvalue weighted by atomic mass is 35.5. The number of allylic oxidation sites excluding steroid dienone is 2. The zero-order chi connectivity index (χ0) is 30.5. The third kappa shape index (κ3) is 3.37. The van der Waals surface area contributed by atoms with Crippen LogP contribution in [0, 0.1) is 17.8 Å². The number of hydrogen-bond acceptors (Lipinski definition) is 8. The van der Waals surface area contributed by atoms with Gasteiger partial charge in [-0.25, -0.2) is 9.69 Å². The molecule has 0 aromatic heterocycles. The number of alkyl halides is 2. The minimum absolute atomic E-state index is 0.0135. The third-order valence-corrected chi connectivity index (χ3v) is 10.5. The first-order chi connectivity index (χ1) is 19.8. The Morgan fingerprint density at radius 1 is 1.02 bits per heavy atom. The minimum Gasteiger partial charge on any atom is -0.507 e. The average molecular weight is 615 g/mol. The van der Waals surface area contributed by atoms with Gasteiger partial charge in [0.15, 0.2) is 21.2 Å². The van der Waals surface area contributed by atoms with Gasteiger partial charge in [0.1, 0.15) is 11.3 Å². The monoisotopic (exact) mass is 614 g/mol. The molecule has 11 nitrogen and oxygen atoms in total. The van der Waals surface area contributed by atoms with Crippen molar-refractivity contribution >= 4 is 58.5 Å². The molecule has 42 heavy (non-hydrogen) atoms. The predicted molar refractivity (Wildman–Crippen MR) is 148 cm³/mol. The number of para-hydroxylation sites is 1. The van der Waals surface area contributed by atoms with Crippen LogP contribution in [0.4, 0.5) is 5.69 Å². The molecular weight excluding hydrogens is 591 g/mol. The van der Waals surface area contributed by atoms with E-state index in [2.05, 4.69) is 0 Å². The lowest BCUT2D eigenvalue weighted by molar-refractivity contribution is -0.138. The van der Waals surface area contributed by atoms with Gasteiger partial charge in [0.2, 0.25) is 11.8 Å². The highest BCUT2D eigenvalue weighted by Crippen LogP contribution is 2.66. The summed E-state index contributed by atoms with van der Waals surface area (Å²) >= 11 is 14.2. The van der Waals surface area contributed by atoms with E-state index in [4.69, 9.17) is 27.9 Å². The van der Waals surface area contributed by atoms with E-state index in [9.17, 15) is 39.3 Å². The van der Waals surface area contributed by atoms with Crippen LogP contribution < -0.4 is 9.64 Å². The highest BCUT2D eigenvalue weighted by Gasteiger charge is 2.76. The first kappa shape index (κ1) is 28.0. The lowest BCUT2D eigenvalue weighted by Gasteiger charge is -2.50. The maximum Gasteiger partial charge on any atom is 0.339 e. The number of nitrogens with zero attached hydrogens (tertiary/aromatic N) is 2. The summed E-state index contributed by atoms with van der Waals surface area (Å²) in [6, 6.07) is 8.01. The fourth-order valence-electron chi connectivity index (χ4n) is 7.12. The van der Waals surface area contributed by atoms with Crippen LogP contribution in [0.3, 0.4) is 0 Å². The number of fused-ring (bicyclic) bond motifs is 4. The number of carboxylic acids is 1. The number of benzene rings is 2. The van der Waals surface area contributed by atoms with Crippen molar-refractivity contribution in [1.29, 1.82) is 0 Å². The van der Waals surface area contributed by atoms with Crippen molar-refractivity contribution in [3.63, 3.8) is 0 Å². The Hall–Kier alpha value is -4.09. The second-order valence-corrected chi connectivity index (χ2v) is 12.2. The smallest absolute Gasteiger partial charge is 0.339 e. The Balaban J connectivity index is 1.50. The van der Waals surface area contributed by atoms with Gasteiger partial charge in [-0.1, -0.05) is 23.8 Å². The maximum absolute atomic E-state index is 14.0. The number of hydrogen-bond donors (Lipinski definition) is 3. The molecule has 0 bridgehead atoms. The Morgan fingerprint density at radius 3 is 2.38 bits per heavy atom. The van der Waals surface area contributed by atoms with Crippen molar-refractivity contribution in [2.24, 2.45) is 17.8 Å². The molecule has 2 heterocycles. The van der Waals surface area contributed by atoms with Crippen LogP contribution in [0.25, 0.3) is 0 Å². The van der Waals surface area contributed by atoms with Crippen LogP contribution in [0.1, 0.15) is 34.7 Å². The summed E-state index contributed by atoms with van der Waals surface area (Å²) in [7, 11) is 2.62. The number of carboxylic acid groups (broad SMARTS) is 1. The number of carbonyl (C=O) groups is 5. The second kappa shape index (κ2) is 9.20. The predicted octanol–water partition coefficient (Wildman–Crippen LogP) is 3.00. The summed E-state index contributed by atoms with van der Waals surface area (Å²) in [6.07, 6.45) is 1.56. The summed E-state index contributed by atoms with van der Waals surface area (Å²) in [5, 5.41) is 30.7. The third-order valence-electron chi connectivity index (χ3n) is 9.05. The molecule has 6 atom stereocenters. The van der Waals surface area contributed by atoms with E-state index in [0.717, 1.165) is 21.9 Å². The molecule has 1 saturated carbocycles. The molecule has 4 amide bonds. The number of phenols is 2. The van der Waals surface area contributed by atoms with Crippen LogP contribution in [0.5, 0.6) is 17.2 Å². The number of halogens is 2. The molecule has 2 aromatic rings. The van der Waals surface area contributed by atoms with Gasteiger partial charge in [0.05, 0.1) is 24.6 Å². The first-order valence-corrected chi connectivity index (χ1v) is 13.8. The number of methoxy groups -OCH3 is 1. The Labute approximate surface area is 248 Å². The topological polar surface area (TPSA) is 162 Å². The van der Waals surface area contributed by atoms with E-state index in [0.29, 0.717) is 5.57 Å². The van der Waals surface area contributed by atoms with Gasteiger partial charge in [0, 0.05) is 24.6 Å². The summed E-state index contributed by atoms with van der Waals surface area (Å²) in [5.74, 6) is -8.82. The van der Waals surface area contributed by atoms with E-state index >= 15 is 0 Å². The van der Waals surface area contributed by atoms with Crippen molar-refractivity contribution in [3.05, 3.63) is 59.2 Å². The van der Waals surface area contributed by atoms with Gasteiger partial charge in [0.25, 0.3) is 11.8 Å². The summed E-state index contributed by atoms with van der Waals surface area (Å²) in [4.78, 5) is 63.8. The summed E-state index contributed by atoms with van der Waals surface area (Å²) in [6.45, 7) is 0. The van der Waals surface area contributed by atoms with Gasteiger partial charge in [-0.2, -0.15) is 0 Å². The van der Waals surface area contributed by atoms with E-state index in [1.54, 1.807) is 12.1 Å². The van der Waals surface area contributed by atoms with Crippen molar-refractivity contribution in [1.82, 2.24) is 4.90 Å². The number of amides is 4. The fraction of sp³-hybridized carbons (Fsp3) is 0.345. The van der Waals surface area contributed by atoms with Crippen molar-refractivity contribution in [3.8, 4) is 17.2 Å². The van der Waals surface area contributed by atoms with Crippen LogP contribution in [-0.4, -0.2) is 73.7 Å². The van der Waals surface area contributed by atoms with Gasteiger partial charge in [-0.05, 0) is 37.0 Å². The van der Waals surface area contributed by atoms with E-state index in [1.165, 1.54) is 32.4 Å². The zero-order valence-corrected chi connectivity index (χ0v) is 23.7. The van der Waals surface area contributed by atoms with Gasteiger partial charge >= 0.3 is 5.97 Å². The molecule has 13 heteroatoms. The lowest BCUT2D eigenvalue weighted by atomic mass is 9.56. The number of anilines is 1. The van der Waals surface area contributed by atoms with Gasteiger partial charge in [-0.15, -0.1) is 23.2 Å². The molecule has 6 rings (SSSR count). The number of ether oxygens (including phenoxy) is 1. The summed E-state index contributed by atoms with van der Waals surface area (Å²) in [5.41, 5.74) is 0.238. The average Bonchev–Trinajstić information content (AvgIpc) is 3.28. The highest BCUT2D eigenvalue weighted by molar-refractivity contribution is 6.53. The minimum atomic E-state index is -2.07. The second-order valence-electron chi connectivity index (χ2n) is 10.9. The molecule has 4 aliphatic rings. The van der Waals surface area contributed by atoms with Crippen molar-refractivity contribution in [2.45, 2.75) is 28.5 Å². The maximum atomic E-state index is 14.0. The normalized spacial score (nSPS) is 32.0. The number of phenolic OH excluding ortho intramolecular Hbond substituents is 1. The number of carbonyl (C=O) groups excluding carboxylic acids is 4. The van der Waals surface area contributed by atoms with Crippen LogP contribution in [0.2, 0.25) is 0 Å². The van der Waals surface area contributed by atoms with Gasteiger partial charge < -0.3 is 20.1 Å². The first-order valence-electron chi connectivity index (χ1n) is 13.0. The molecule has 2 aromatic carbocycles. The van der Waals surface area contributed by atoms with E-state index < -0.39 is 74.3 Å². The van der Waals surface area contributed by atoms with Crippen molar-refractivity contribution < 1.29 is 44.0 Å². The molecule has 2 saturated heterocycles. The molecule has 0 radical (unpaired) electrons. The zero-order valence-electron chi connectivity index (χ0n) is 22.2. The van der Waals surface area contributed by atoms with Crippen LogP contribution >= 0.6 is 23.2 Å². The Morgan fingerprint density at radius 2 is 1.74 bits per heavy atom. The molecule has 2 aliphatic heterocycles.